The molecule has 108 valence electrons. The van der Waals surface area contributed by atoms with Crippen molar-refractivity contribution in [2.45, 2.75) is 52.6 Å². The molecule has 0 saturated carbocycles. The van der Waals surface area contributed by atoms with Crippen LogP contribution in [-0.2, 0) is 0 Å². The van der Waals surface area contributed by atoms with Crippen molar-refractivity contribution in [1.82, 2.24) is 5.32 Å². The first-order valence-electron chi connectivity index (χ1n) is 7.26. The second-order valence-electron chi connectivity index (χ2n) is 5.24. The fourth-order valence-corrected chi connectivity index (χ4v) is 3.03. The van der Waals surface area contributed by atoms with Crippen LogP contribution in [-0.4, -0.2) is 19.6 Å². The van der Waals surface area contributed by atoms with Crippen LogP contribution in [0.1, 0.15) is 52.1 Å². The second kappa shape index (κ2) is 7.91. The summed E-state index contributed by atoms with van der Waals surface area (Å²) in [6.07, 6.45) is 2.44. The zero-order chi connectivity index (χ0) is 14.4. The SMILES string of the molecule is CCCC(C)N(C)c1ccc(C(C)NCC)cc1Br. The Morgan fingerprint density at radius 3 is 2.47 bits per heavy atom. The summed E-state index contributed by atoms with van der Waals surface area (Å²) < 4.78 is 1.18. The summed E-state index contributed by atoms with van der Waals surface area (Å²) in [6.45, 7) is 9.86. The Balaban J connectivity index is 2.87. The lowest BCUT2D eigenvalue weighted by atomic mass is 10.1. The third kappa shape index (κ3) is 4.50. The lowest BCUT2D eigenvalue weighted by Gasteiger charge is -2.28. The maximum absolute atomic E-state index is 3.72. The number of halogens is 1. The molecule has 0 spiro atoms. The molecule has 2 nitrogen and oxygen atoms in total. The van der Waals surface area contributed by atoms with E-state index in [4.69, 9.17) is 0 Å². The molecule has 0 aliphatic carbocycles. The minimum atomic E-state index is 0.397. The van der Waals surface area contributed by atoms with Gasteiger partial charge in [0, 0.05) is 23.6 Å². The highest BCUT2D eigenvalue weighted by Crippen LogP contribution is 2.30. The average Bonchev–Trinajstić information content (AvgIpc) is 2.38. The van der Waals surface area contributed by atoms with Gasteiger partial charge in [-0.3, -0.25) is 0 Å². The molecule has 1 aromatic rings. The minimum Gasteiger partial charge on any atom is -0.371 e. The van der Waals surface area contributed by atoms with Crippen molar-refractivity contribution in [1.29, 1.82) is 0 Å². The predicted octanol–water partition coefficient (Wildman–Crippen LogP) is 4.74. The van der Waals surface area contributed by atoms with Gasteiger partial charge >= 0.3 is 0 Å². The third-order valence-electron chi connectivity index (χ3n) is 3.73. The van der Waals surface area contributed by atoms with Crippen molar-refractivity contribution in [2.75, 3.05) is 18.5 Å². The Hall–Kier alpha value is -0.540. The number of anilines is 1. The number of nitrogens with zero attached hydrogens (tertiary/aromatic N) is 1. The second-order valence-corrected chi connectivity index (χ2v) is 6.09. The van der Waals surface area contributed by atoms with Crippen LogP contribution in [0, 0.1) is 0 Å². The first-order chi connectivity index (χ1) is 9.01. The van der Waals surface area contributed by atoms with E-state index < -0.39 is 0 Å². The van der Waals surface area contributed by atoms with Crippen molar-refractivity contribution in [3.8, 4) is 0 Å². The van der Waals surface area contributed by atoms with E-state index in [1.165, 1.54) is 28.6 Å². The van der Waals surface area contributed by atoms with Gasteiger partial charge in [-0.25, -0.2) is 0 Å². The molecular weight excluding hydrogens is 300 g/mol. The van der Waals surface area contributed by atoms with Gasteiger partial charge in [-0.15, -0.1) is 0 Å². The number of rotatable bonds is 7. The molecule has 1 N–H and O–H groups in total. The maximum atomic E-state index is 3.72. The summed E-state index contributed by atoms with van der Waals surface area (Å²) in [6, 6.07) is 7.65. The molecule has 0 amide bonds. The molecule has 0 heterocycles. The quantitative estimate of drug-likeness (QED) is 0.778. The van der Waals surface area contributed by atoms with E-state index in [-0.39, 0.29) is 0 Å². The topological polar surface area (TPSA) is 15.3 Å². The van der Waals surface area contributed by atoms with Crippen LogP contribution in [0.3, 0.4) is 0 Å². The van der Waals surface area contributed by atoms with Crippen LogP contribution >= 0.6 is 15.9 Å². The lowest BCUT2D eigenvalue weighted by molar-refractivity contribution is 0.596. The Morgan fingerprint density at radius 1 is 1.26 bits per heavy atom. The molecule has 1 rings (SSSR count). The lowest BCUT2D eigenvalue weighted by Crippen LogP contribution is -2.29. The largest absolute Gasteiger partial charge is 0.371 e. The van der Waals surface area contributed by atoms with Crippen LogP contribution in [0.5, 0.6) is 0 Å². The average molecular weight is 327 g/mol. The van der Waals surface area contributed by atoms with E-state index in [1.54, 1.807) is 0 Å². The fraction of sp³-hybridized carbons (Fsp3) is 0.625. The van der Waals surface area contributed by atoms with Gasteiger partial charge in [0.05, 0.1) is 5.69 Å². The Bertz CT molecular complexity index is 392. The summed E-state index contributed by atoms with van der Waals surface area (Å²) in [5.41, 5.74) is 2.60. The number of hydrogen-bond acceptors (Lipinski definition) is 2. The summed E-state index contributed by atoms with van der Waals surface area (Å²) >= 11 is 3.72. The molecule has 1 aromatic carbocycles. The van der Waals surface area contributed by atoms with Crippen LogP contribution in [0.2, 0.25) is 0 Å². The van der Waals surface area contributed by atoms with E-state index in [0.717, 1.165) is 6.54 Å². The van der Waals surface area contributed by atoms with E-state index in [0.29, 0.717) is 12.1 Å². The number of nitrogens with one attached hydrogen (secondary N) is 1. The Labute approximate surface area is 126 Å². The van der Waals surface area contributed by atoms with Crippen molar-refractivity contribution in [2.24, 2.45) is 0 Å². The van der Waals surface area contributed by atoms with Gasteiger partial charge in [0.2, 0.25) is 0 Å². The van der Waals surface area contributed by atoms with Gasteiger partial charge in [-0.2, -0.15) is 0 Å². The minimum absolute atomic E-state index is 0.397. The molecule has 0 bridgehead atoms. The molecule has 2 atom stereocenters. The fourth-order valence-electron chi connectivity index (χ4n) is 2.35. The van der Waals surface area contributed by atoms with Crippen molar-refractivity contribution < 1.29 is 0 Å². The van der Waals surface area contributed by atoms with Gasteiger partial charge in [-0.1, -0.05) is 26.3 Å². The third-order valence-corrected chi connectivity index (χ3v) is 4.36. The van der Waals surface area contributed by atoms with E-state index in [9.17, 15) is 0 Å². The monoisotopic (exact) mass is 326 g/mol. The zero-order valence-electron chi connectivity index (χ0n) is 12.8. The summed E-state index contributed by atoms with van der Waals surface area (Å²) in [7, 11) is 2.17. The van der Waals surface area contributed by atoms with Crippen LogP contribution in [0.25, 0.3) is 0 Å². The Morgan fingerprint density at radius 2 is 1.95 bits per heavy atom. The molecule has 0 saturated heterocycles. The number of hydrogen-bond donors (Lipinski definition) is 1. The summed E-state index contributed by atoms with van der Waals surface area (Å²) in [5, 5.41) is 3.45. The van der Waals surface area contributed by atoms with Crippen molar-refractivity contribution in [3.63, 3.8) is 0 Å². The van der Waals surface area contributed by atoms with Crippen LogP contribution < -0.4 is 10.2 Å². The first kappa shape index (κ1) is 16.5. The van der Waals surface area contributed by atoms with E-state index >= 15 is 0 Å². The van der Waals surface area contributed by atoms with Crippen LogP contribution in [0.15, 0.2) is 22.7 Å². The molecule has 0 aliphatic heterocycles. The molecule has 0 fully saturated rings. The Kier molecular flexibility index (Phi) is 6.87. The molecular formula is C16H27BrN2. The number of benzene rings is 1. The van der Waals surface area contributed by atoms with Crippen molar-refractivity contribution in [3.05, 3.63) is 28.2 Å². The summed E-state index contributed by atoms with van der Waals surface area (Å²) in [5.74, 6) is 0. The normalized spacial score (nSPS) is 14.2. The van der Waals surface area contributed by atoms with Crippen molar-refractivity contribution >= 4 is 21.6 Å². The molecule has 0 aromatic heterocycles. The highest BCUT2D eigenvalue weighted by Gasteiger charge is 2.13. The highest BCUT2D eigenvalue weighted by molar-refractivity contribution is 9.10. The molecule has 0 radical (unpaired) electrons. The van der Waals surface area contributed by atoms with Gasteiger partial charge in [0.25, 0.3) is 0 Å². The van der Waals surface area contributed by atoms with Gasteiger partial charge in [-0.05, 0) is 60.4 Å². The first-order valence-corrected chi connectivity index (χ1v) is 8.06. The van der Waals surface area contributed by atoms with Gasteiger partial charge in [0.15, 0.2) is 0 Å². The summed E-state index contributed by atoms with van der Waals surface area (Å²) in [4.78, 5) is 2.36. The molecule has 19 heavy (non-hydrogen) atoms. The maximum Gasteiger partial charge on any atom is 0.0510 e. The standard InChI is InChI=1S/C16H27BrN2/c1-6-8-12(3)19(5)16-10-9-14(11-15(16)17)13(4)18-7-2/h9-13,18H,6-8H2,1-5H3. The van der Waals surface area contributed by atoms with Gasteiger partial charge < -0.3 is 10.2 Å². The highest BCUT2D eigenvalue weighted by atomic mass is 79.9. The van der Waals surface area contributed by atoms with E-state index in [1.807, 2.05) is 0 Å². The van der Waals surface area contributed by atoms with Gasteiger partial charge in [0.1, 0.15) is 0 Å². The molecule has 0 aliphatic rings. The van der Waals surface area contributed by atoms with Crippen LogP contribution in [0.4, 0.5) is 5.69 Å². The zero-order valence-corrected chi connectivity index (χ0v) is 14.4. The predicted molar refractivity (Wildman–Crippen MR) is 89.0 cm³/mol. The molecule has 3 heteroatoms. The molecule has 2 unspecified atom stereocenters. The van der Waals surface area contributed by atoms with E-state index in [2.05, 4.69) is 79.1 Å². The smallest absolute Gasteiger partial charge is 0.0510 e.